The van der Waals surface area contributed by atoms with Crippen molar-refractivity contribution in [3.05, 3.63) is 36.0 Å². The first-order chi connectivity index (χ1) is 11.3. The van der Waals surface area contributed by atoms with Crippen molar-refractivity contribution in [2.45, 2.75) is 18.8 Å². The lowest BCUT2D eigenvalue weighted by molar-refractivity contribution is 0.102. The van der Waals surface area contributed by atoms with Crippen molar-refractivity contribution in [2.24, 2.45) is 0 Å². The predicted octanol–water partition coefficient (Wildman–Crippen LogP) is 2.12. The number of piperidine rings is 1. The molecule has 1 aromatic heterocycles. The van der Waals surface area contributed by atoms with Gasteiger partial charge in [0, 0.05) is 17.7 Å². The highest BCUT2D eigenvalue weighted by atomic mass is 16.7. The lowest BCUT2D eigenvalue weighted by atomic mass is 9.98. The number of carbonyl (C=O) groups is 1. The molecule has 2 aliphatic heterocycles. The Morgan fingerprint density at radius 2 is 2.04 bits per heavy atom. The summed E-state index contributed by atoms with van der Waals surface area (Å²) in [6, 6.07) is 5.26. The number of hydrogen-bond acceptors (Lipinski definition) is 6. The number of amides is 1. The Morgan fingerprint density at radius 3 is 2.91 bits per heavy atom. The van der Waals surface area contributed by atoms with E-state index in [1.807, 2.05) is 0 Å². The summed E-state index contributed by atoms with van der Waals surface area (Å²) in [5, 5.41) is 6.09. The lowest BCUT2D eigenvalue weighted by Gasteiger charge is -2.19. The fourth-order valence-corrected chi connectivity index (χ4v) is 2.82. The third-order valence-electron chi connectivity index (χ3n) is 4.07. The topological polar surface area (TPSA) is 85.6 Å². The van der Waals surface area contributed by atoms with Crippen molar-refractivity contribution in [3.63, 3.8) is 0 Å². The van der Waals surface area contributed by atoms with Gasteiger partial charge < -0.3 is 24.5 Å². The molecule has 1 amide bonds. The van der Waals surface area contributed by atoms with Crippen molar-refractivity contribution in [2.75, 3.05) is 25.2 Å². The smallest absolute Gasteiger partial charge is 0.277 e. The van der Waals surface area contributed by atoms with Gasteiger partial charge in [-0.25, -0.2) is 4.98 Å². The Labute approximate surface area is 133 Å². The van der Waals surface area contributed by atoms with E-state index < -0.39 is 0 Å². The molecule has 3 heterocycles. The van der Waals surface area contributed by atoms with Gasteiger partial charge in [0.2, 0.25) is 6.79 Å². The van der Waals surface area contributed by atoms with Crippen LogP contribution in [0.3, 0.4) is 0 Å². The normalized spacial score (nSPS) is 17.2. The van der Waals surface area contributed by atoms with Crippen LogP contribution >= 0.6 is 0 Å². The Hall–Kier alpha value is -2.54. The quantitative estimate of drug-likeness (QED) is 0.902. The molecule has 1 saturated heterocycles. The second-order valence-corrected chi connectivity index (χ2v) is 5.62. The number of carbonyl (C=O) groups excluding carboxylic acids is 1. The van der Waals surface area contributed by atoms with E-state index in [9.17, 15) is 4.79 Å². The van der Waals surface area contributed by atoms with Crippen molar-refractivity contribution in [1.82, 2.24) is 10.3 Å². The van der Waals surface area contributed by atoms with Crippen LogP contribution in [0.15, 0.2) is 28.9 Å². The number of hydrogen-bond donors (Lipinski definition) is 2. The number of aromatic nitrogens is 1. The lowest BCUT2D eigenvalue weighted by Crippen LogP contribution is -2.26. The van der Waals surface area contributed by atoms with Crippen LogP contribution in [0.4, 0.5) is 5.69 Å². The Balaban J connectivity index is 1.45. The highest BCUT2D eigenvalue weighted by Gasteiger charge is 2.22. The third-order valence-corrected chi connectivity index (χ3v) is 4.07. The number of oxazole rings is 1. The summed E-state index contributed by atoms with van der Waals surface area (Å²) >= 11 is 0. The average molecular weight is 315 g/mol. The number of benzene rings is 1. The number of ether oxygens (including phenoxy) is 2. The zero-order valence-corrected chi connectivity index (χ0v) is 12.5. The van der Waals surface area contributed by atoms with E-state index in [1.54, 1.807) is 18.2 Å². The monoisotopic (exact) mass is 315 g/mol. The van der Waals surface area contributed by atoms with E-state index in [-0.39, 0.29) is 24.3 Å². The Kier molecular flexibility index (Phi) is 3.63. The predicted molar refractivity (Wildman–Crippen MR) is 81.9 cm³/mol. The van der Waals surface area contributed by atoms with Crippen LogP contribution < -0.4 is 20.1 Å². The number of fused-ring (bicyclic) bond motifs is 1. The molecule has 0 atom stereocenters. The first-order valence-corrected chi connectivity index (χ1v) is 7.67. The fraction of sp³-hybridized carbons (Fsp3) is 0.375. The van der Waals surface area contributed by atoms with Crippen LogP contribution in [0.1, 0.15) is 35.1 Å². The summed E-state index contributed by atoms with van der Waals surface area (Å²) in [6.07, 6.45) is 3.37. The van der Waals surface area contributed by atoms with Crippen LogP contribution in [0.5, 0.6) is 11.5 Å². The van der Waals surface area contributed by atoms with Gasteiger partial charge in [0.1, 0.15) is 6.26 Å². The molecule has 4 rings (SSSR count). The molecule has 2 N–H and O–H groups in total. The minimum atomic E-state index is -0.298. The van der Waals surface area contributed by atoms with Gasteiger partial charge >= 0.3 is 0 Å². The molecule has 23 heavy (non-hydrogen) atoms. The first kappa shape index (κ1) is 14.1. The molecule has 7 nitrogen and oxygen atoms in total. The third kappa shape index (κ3) is 2.87. The van der Waals surface area contributed by atoms with Gasteiger partial charge in [-0.2, -0.15) is 0 Å². The molecule has 0 unspecified atom stereocenters. The molecule has 7 heteroatoms. The Bertz CT molecular complexity index is 722. The molecule has 2 aromatic rings. The van der Waals surface area contributed by atoms with Crippen molar-refractivity contribution in [1.29, 1.82) is 0 Å². The largest absolute Gasteiger partial charge is 0.454 e. The van der Waals surface area contributed by atoms with E-state index in [0.717, 1.165) is 25.9 Å². The molecule has 0 bridgehead atoms. The zero-order valence-electron chi connectivity index (χ0n) is 12.5. The SMILES string of the molecule is O=C(Nc1ccc2c(c1)OCO2)c1coc(C2CCNCC2)n1. The minimum absolute atomic E-state index is 0.204. The van der Waals surface area contributed by atoms with Crippen molar-refractivity contribution < 1.29 is 18.7 Å². The molecule has 0 saturated carbocycles. The second kappa shape index (κ2) is 5.92. The van der Waals surface area contributed by atoms with Gasteiger partial charge in [0.25, 0.3) is 5.91 Å². The summed E-state index contributed by atoms with van der Waals surface area (Å²) in [7, 11) is 0. The summed E-state index contributed by atoms with van der Waals surface area (Å²) in [4.78, 5) is 16.6. The van der Waals surface area contributed by atoms with Crippen LogP contribution in [-0.4, -0.2) is 30.8 Å². The molecule has 0 aliphatic carbocycles. The van der Waals surface area contributed by atoms with Gasteiger partial charge in [-0.05, 0) is 38.1 Å². The fourth-order valence-electron chi connectivity index (χ4n) is 2.82. The molecule has 0 radical (unpaired) electrons. The molecular weight excluding hydrogens is 298 g/mol. The summed E-state index contributed by atoms with van der Waals surface area (Å²) < 4.78 is 16.0. The van der Waals surface area contributed by atoms with E-state index in [2.05, 4.69) is 15.6 Å². The number of anilines is 1. The minimum Gasteiger partial charge on any atom is -0.454 e. The maximum atomic E-state index is 12.3. The van der Waals surface area contributed by atoms with Gasteiger partial charge in [-0.3, -0.25) is 4.79 Å². The molecule has 1 fully saturated rings. The number of rotatable bonds is 3. The maximum absolute atomic E-state index is 12.3. The number of nitrogens with one attached hydrogen (secondary N) is 2. The zero-order chi connectivity index (χ0) is 15.6. The first-order valence-electron chi connectivity index (χ1n) is 7.67. The average Bonchev–Trinajstić information content (AvgIpc) is 3.24. The molecule has 2 aliphatic rings. The maximum Gasteiger partial charge on any atom is 0.277 e. The second-order valence-electron chi connectivity index (χ2n) is 5.62. The molecular formula is C16H17N3O4. The highest BCUT2D eigenvalue weighted by molar-refractivity contribution is 6.02. The van der Waals surface area contributed by atoms with Crippen LogP contribution in [0.2, 0.25) is 0 Å². The molecule has 0 spiro atoms. The summed E-state index contributed by atoms with van der Waals surface area (Å²) in [5.74, 6) is 1.93. The molecule has 120 valence electrons. The Morgan fingerprint density at radius 1 is 1.22 bits per heavy atom. The van der Waals surface area contributed by atoms with Gasteiger partial charge in [0.05, 0.1) is 0 Å². The standard InChI is InChI=1S/C16H17N3O4/c20-15(18-11-1-2-13-14(7-11)23-9-22-13)12-8-21-16(19-12)10-3-5-17-6-4-10/h1-2,7-8,10,17H,3-6,9H2,(H,18,20). The van der Waals surface area contributed by atoms with Gasteiger partial charge in [0.15, 0.2) is 23.1 Å². The van der Waals surface area contributed by atoms with E-state index in [1.165, 1.54) is 6.26 Å². The number of nitrogens with zero attached hydrogens (tertiary/aromatic N) is 1. The van der Waals surface area contributed by atoms with Crippen molar-refractivity contribution in [3.8, 4) is 11.5 Å². The summed E-state index contributed by atoms with van der Waals surface area (Å²) in [6.45, 7) is 2.10. The van der Waals surface area contributed by atoms with Crippen molar-refractivity contribution >= 4 is 11.6 Å². The molecule has 1 aromatic carbocycles. The summed E-state index contributed by atoms with van der Waals surface area (Å²) in [5.41, 5.74) is 0.918. The van der Waals surface area contributed by atoms with Crippen LogP contribution in [0.25, 0.3) is 0 Å². The highest BCUT2D eigenvalue weighted by Crippen LogP contribution is 2.34. The van der Waals surface area contributed by atoms with E-state index in [4.69, 9.17) is 13.9 Å². The van der Waals surface area contributed by atoms with Gasteiger partial charge in [-0.1, -0.05) is 0 Å². The van der Waals surface area contributed by atoms with Crippen LogP contribution in [0, 0.1) is 0 Å². The van der Waals surface area contributed by atoms with E-state index >= 15 is 0 Å². The van der Waals surface area contributed by atoms with E-state index in [0.29, 0.717) is 23.1 Å². The van der Waals surface area contributed by atoms with Crippen LogP contribution in [-0.2, 0) is 0 Å². The van der Waals surface area contributed by atoms with Gasteiger partial charge in [-0.15, -0.1) is 0 Å².